The van der Waals surface area contributed by atoms with Crippen LogP contribution in [0.25, 0.3) is 0 Å². The third-order valence-electron chi connectivity index (χ3n) is 3.72. The van der Waals surface area contributed by atoms with E-state index in [1.54, 1.807) is 0 Å². The Balaban J connectivity index is 1.93. The molecule has 0 radical (unpaired) electrons. The molecule has 1 aromatic carbocycles. The van der Waals surface area contributed by atoms with Gasteiger partial charge in [-0.05, 0) is 50.8 Å². The molecule has 1 aliphatic rings. The summed E-state index contributed by atoms with van der Waals surface area (Å²) in [5, 5.41) is 3.07. The summed E-state index contributed by atoms with van der Waals surface area (Å²) in [5.41, 5.74) is 2.20. The number of hydrogen-bond acceptors (Lipinski definition) is 2. The molecule has 2 rings (SSSR count). The van der Waals surface area contributed by atoms with Gasteiger partial charge in [0, 0.05) is 6.04 Å². The third kappa shape index (κ3) is 3.72. The number of hydrogen-bond donors (Lipinski definition) is 1. The highest BCUT2D eigenvalue weighted by Crippen LogP contribution is 2.21. The molecular weight excluding hydrogens is 238 g/mol. The number of benzene rings is 1. The largest absolute Gasteiger partial charge is 0.481 e. The normalized spacial score (nSPS) is 17.2. The Bertz CT molecular complexity index is 450. The van der Waals surface area contributed by atoms with Gasteiger partial charge in [0.2, 0.25) is 0 Å². The Kier molecular flexibility index (Phi) is 4.46. The van der Waals surface area contributed by atoms with Crippen LogP contribution in [0.3, 0.4) is 0 Å². The van der Waals surface area contributed by atoms with E-state index >= 15 is 0 Å². The summed E-state index contributed by atoms with van der Waals surface area (Å²) in [6, 6.07) is 6.39. The van der Waals surface area contributed by atoms with Crippen LogP contribution in [0.4, 0.5) is 0 Å². The molecule has 1 fully saturated rings. The van der Waals surface area contributed by atoms with Crippen molar-refractivity contribution < 1.29 is 9.53 Å². The van der Waals surface area contributed by atoms with E-state index in [1.165, 1.54) is 12.8 Å². The predicted molar refractivity (Wildman–Crippen MR) is 76.4 cm³/mol. The number of rotatable bonds is 4. The minimum atomic E-state index is -0.443. The first-order valence-electron chi connectivity index (χ1n) is 7.10. The second-order valence-corrected chi connectivity index (χ2v) is 5.52. The van der Waals surface area contributed by atoms with Crippen molar-refractivity contribution in [1.82, 2.24) is 5.32 Å². The van der Waals surface area contributed by atoms with Gasteiger partial charge in [-0.15, -0.1) is 0 Å². The zero-order chi connectivity index (χ0) is 13.8. The van der Waals surface area contributed by atoms with E-state index in [2.05, 4.69) is 5.32 Å². The number of nitrogens with one attached hydrogen (secondary N) is 1. The van der Waals surface area contributed by atoms with Crippen molar-refractivity contribution in [3.05, 3.63) is 29.3 Å². The highest BCUT2D eigenvalue weighted by atomic mass is 16.5. The third-order valence-corrected chi connectivity index (χ3v) is 3.72. The summed E-state index contributed by atoms with van der Waals surface area (Å²) in [4.78, 5) is 12.1. The summed E-state index contributed by atoms with van der Waals surface area (Å²) in [7, 11) is 0. The predicted octanol–water partition coefficient (Wildman–Crippen LogP) is 3.13. The minimum absolute atomic E-state index is 0.00666. The van der Waals surface area contributed by atoms with Crippen LogP contribution in [0, 0.1) is 13.8 Å². The molecule has 0 saturated heterocycles. The maximum atomic E-state index is 12.1. The fourth-order valence-electron chi connectivity index (χ4n) is 2.47. The lowest BCUT2D eigenvalue weighted by molar-refractivity contribution is -0.127. The fourth-order valence-corrected chi connectivity index (χ4v) is 2.47. The molecule has 19 heavy (non-hydrogen) atoms. The van der Waals surface area contributed by atoms with Crippen molar-refractivity contribution in [2.24, 2.45) is 0 Å². The molecule has 1 N–H and O–H groups in total. The van der Waals surface area contributed by atoms with Crippen molar-refractivity contribution in [3.63, 3.8) is 0 Å². The minimum Gasteiger partial charge on any atom is -0.481 e. The zero-order valence-corrected chi connectivity index (χ0v) is 12.0. The molecule has 1 saturated carbocycles. The summed E-state index contributed by atoms with van der Waals surface area (Å²) in [6.45, 7) is 5.83. The lowest BCUT2D eigenvalue weighted by Crippen LogP contribution is -2.41. The van der Waals surface area contributed by atoms with Gasteiger partial charge in [0.25, 0.3) is 5.91 Å². The van der Waals surface area contributed by atoms with Gasteiger partial charge in [-0.3, -0.25) is 4.79 Å². The van der Waals surface area contributed by atoms with E-state index in [-0.39, 0.29) is 5.91 Å². The number of carbonyl (C=O) groups excluding carboxylic acids is 1. The van der Waals surface area contributed by atoms with Gasteiger partial charge < -0.3 is 10.1 Å². The van der Waals surface area contributed by atoms with E-state index in [0.717, 1.165) is 29.7 Å². The van der Waals surface area contributed by atoms with Gasteiger partial charge in [-0.1, -0.05) is 25.0 Å². The number of ether oxygens (including phenoxy) is 1. The smallest absolute Gasteiger partial charge is 0.260 e. The van der Waals surface area contributed by atoms with E-state index in [9.17, 15) is 4.79 Å². The van der Waals surface area contributed by atoms with Crippen molar-refractivity contribution in [1.29, 1.82) is 0 Å². The standard InChI is InChI=1S/C16H23NO2/c1-11-8-9-12(2)15(10-11)19-13(3)16(18)17-14-6-4-5-7-14/h8-10,13-14H,4-7H2,1-3H3,(H,17,18)/t13-/m0/s1. The van der Waals surface area contributed by atoms with E-state index < -0.39 is 6.10 Å². The Hall–Kier alpha value is -1.51. The molecule has 1 atom stereocenters. The van der Waals surface area contributed by atoms with E-state index in [4.69, 9.17) is 4.74 Å². The molecule has 0 spiro atoms. The quantitative estimate of drug-likeness (QED) is 0.904. The van der Waals surface area contributed by atoms with Crippen LogP contribution >= 0.6 is 0 Å². The summed E-state index contributed by atoms with van der Waals surface area (Å²) in [5.74, 6) is 0.793. The lowest BCUT2D eigenvalue weighted by atomic mass is 10.1. The summed E-state index contributed by atoms with van der Waals surface area (Å²) in [6.07, 6.45) is 4.19. The van der Waals surface area contributed by atoms with Gasteiger partial charge in [0.1, 0.15) is 5.75 Å². The average Bonchev–Trinajstić information content (AvgIpc) is 2.86. The van der Waals surface area contributed by atoms with Crippen LogP contribution in [-0.4, -0.2) is 18.1 Å². The molecule has 1 amide bonds. The lowest BCUT2D eigenvalue weighted by Gasteiger charge is -2.19. The van der Waals surface area contributed by atoms with Gasteiger partial charge >= 0.3 is 0 Å². The van der Waals surface area contributed by atoms with Crippen molar-refractivity contribution in [3.8, 4) is 5.75 Å². The van der Waals surface area contributed by atoms with E-state index in [0.29, 0.717) is 6.04 Å². The molecule has 0 heterocycles. The van der Waals surface area contributed by atoms with Gasteiger partial charge in [0.05, 0.1) is 0 Å². The number of carbonyl (C=O) groups is 1. The SMILES string of the molecule is Cc1ccc(C)c(O[C@@H](C)C(=O)NC2CCCC2)c1. The van der Waals surface area contributed by atoms with Crippen molar-refractivity contribution in [2.45, 2.75) is 58.6 Å². The number of aryl methyl sites for hydroxylation is 2. The van der Waals surface area contributed by atoms with Crippen LogP contribution in [-0.2, 0) is 4.79 Å². The molecule has 104 valence electrons. The first kappa shape index (κ1) is 13.9. The topological polar surface area (TPSA) is 38.3 Å². The van der Waals surface area contributed by atoms with Gasteiger partial charge in [-0.2, -0.15) is 0 Å². The molecule has 3 heteroatoms. The Morgan fingerprint density at radius 3 is 2.68 bits per heavy atom. The zero-order valence-electron chi connectivity index (χ0n) is 12.0. The number of amides is 1. The molecule has 0 aromatic heterocycles. The molecule has 0 aliphatic heterocycles. The van der Waals surface area contributed by atoms with Crippen molar-refractivity contribution in [2.75, 3.05) is 0 Å². The summed E-state index contributed by atoms with van der Waals surface area (Å²) < 4.78 is 5.79. The Labute approximate surface area is 115 Å². The molecule has 0 bridgehead atoms. The molecule has 3 nitrogen and oxygen atoms in total. The molecular formula is C16H23NO2. The Morgan fingerprint density at radius 2 is 2.00 bits per heavy atom. The Morgan fingerprint density at radius 1 is 1.32 bits per heavy atom. The van der Waals surface area contributed by atoms with Crippen LogP contribution in [0.1, 0.15) is 43.7 Å². The van der Waals surface area contributed by atoms with Gasteiger partial charge in [-0.25, -0.2) is 0 Å². The average molecular weight is 261 g/mol. The second kappa shape index (κ2) is 6.09. The highest BCUT2D eigenvalue weighted by Gasteiger charge is 2.21. The highest BCUT2D eigenvalue weighted by molar-refractivity contribution is 5.81. The summed E-state index contributed by atoms with van der Waals surface area (Å²) >= 11 is 0. The second-order valence-electron chi connectivity index (χ2n) is 5.52. The first-order valence-corrected chi connectivity index (χ1v) is 7.10. The first-order chi connectivity index (χ1) is 9.06. The van der Waals surface area contributed by atoms with Crippen LogP contribution in [0.2, 0.25) is 0 Å². The van der Waals surface area contributed by atoms with Crippen molar-refractivity contribution >= 4 is 5.91 Å². The van der Waals surface area contributed by atoms with Crippen LogP contribution in [0.5, 0.6) is 5.75 Å². The fraction of sp³-hybridized carbons (Fsp3) is 0.562. The molecule has 1 aliphatic carbocycles. The molecule has 0 unspecified atom stereocenters. The maximum Gasteiger partial charge on any atom is 0.260 e. The maximum absolute atomic E-state index is 12.1. The molecule has 1 aromatic rings. The van der Waals surface area contributed by atoms with Gasteiger partial charge in [0.15, 0.2) is 6.10 Å². The van der Waals surface area contributed by atoms with Crippen LogP contribution < -0.4 is 10.1 Å². The monoisotopic (exact) mass is 261 g/mol. The van der Waals surface area contributed by atoms with E-state index in [1.807, 2.05) is 39.0 Å². The van der Waals surface area contributed by atoms with Crippen LogP contribution in [0.15, 0.2) is 18.2 Å².